The lowest BCUT2D eigenvalue weighted by molar-refractivity contribution is -0.149. The van der Waals surface area contributed by atoms with E-state index in [1.54, 1.807) is 4.90 Å². The minimum absolute atomic E-state index is 0.0541. The van der Waals surface area contributed by atoms with E-state index < -0.39 is 17.3 Å². The number of hydrogen-bond acceptors (Lipinski definition) is 3. The van der Waals surface area contributed by atoms with Crippen LogP contribution < -0.4 is 5.73 Å². The highest BCUT2D eigenvalue weighted by Gasteiger charge is 2.46. The number of nitrogens with zero attached hydrogens (tertiary/aromatic N) is 1. The third-order valence-electron chi connectivity index (χ3n) is 4.58. The van der Waals surface area contributed by atoms with E-state index in [-0.39, 0.29) is 11.9 Å². The number of carbonyl (C=O) groups is 2. The van der Waals surface area contributed by atoms with Crippen LogP contribution in [0.15, 0.2) is 0 Å². The summed E-state index contributed by atoms with van der Waals surface area (Å²) in [6.45, 7) is 2.94. The van der Waals surface area contributed by atoms with Crippen LogP contribution >= 0.6 is 0 Å². The van der Waals surface area contributed by atoms with Crippen molar-refractivity contribution in [2.75, 3.05) is 13.1 Å². The molecule has 0 spiro atoms. The SMILES string of the molecule is CC1(C(=O)N2CCC[C@@H](C(=O)O)C2)CCCC1N. The van der Waals surface area contributed by atoms with E-state index in [1.165, 1.54) is 0 Å². The van der Waals surface area contributed by atoms with Crippen LogP contribution in [0.4, 0.5) is 0 Å². The Morgan fingerprint density at radius 2 is 2.06 bits per heavy atom. The van der Waals surface area contributed by atoms with Gasteiger partial charge in [-0.3, -0.25) is 9.59 Å². The Balaban J connectivity index is 2.07. The van der Waals surface area contributed by atoms with E-state index in [1.807, 2.05) is 6.92 Å². The Hall–Kier alpha value is -1.10. The summed E-state index contributed by atoms with van der Waals surface area (Å²) < 4.78 is 0. The van der Waals surface area contributed by atoms with Crippen molar-refractivity contribution in [3.63, 3.8) is 0 Å². The average Bonchev–Trinajstić information content (AvgIpc) is 2.70. The standard InChI is InChI=1S/C13H22N2O3/c1-13(6-2-5-10(13)14)12(18)15-7-3-4-9(8-15)11(16)17/h9-10H,2-8,14H2,1H3,(H,16,17)/t9-,10?,13?/m1/s1. The average molecular weight is 254 g/mol. The molecule has 2 rings (SSSR count). The number of carbonyl (C=O) groups excluding carboxylic acids is 1. The van der Waals surface area contributed by atoms with Gasteiger partial charge in [0.15, 0.2) is 0 Å². The second-order valence-corrected chi connectivity index (χ2v) is 5.84. The summed E-state index contributed by atoms with van der Waals surface area (Å²) in [5.74, 6) is -1.16. The molecule has 0 aromatic carbocycles. The third kappa shape index (κ3) is 2.23. The summed E-state index contributed by atoms with van der Waals surface area (Å²) in [7, 11) is 0. The van der Waals surface area contributed by atoms with Crippen molar-refractivity contribution in [3.8, 4) is 0 Å². The maximum absolute atomic E-state index is 12.6. The molecule has 1 heterocycles. The number of amides is 1. The molecule has 3 N–H and O–H groups in total. The summed E-state index contributed by atoms with van der Waals surface area (Å²) in [6, 6.07) is -0.0878. The quantitative estimate of drug-likeness (QED) is 0.764. The second kappa shape index (κ2) is 4.88. The highest BCUT2D eigenvalue weighted by molar-refractivity contribution is 5.84. The zero-order valence-corrected chi connectivity index (χ0v) is 10.9. The zero-order chi connectivity index (χ0) is 13.3. The maximum atomic E-state index is 12.6. The zero-order valence-electron chi connectivity index (χ0n) is 10.9. The van der Waals surface area contributed by atoms with Crippen LogP contribution in [0.2, 0.25) is 0 Å². The van der Waals surface area contributed by atoms with Crippen molar-refractivity contribution in [1.29, 1.82) is 0 Å². The number of piperidine rings is 1. The summed E-state index contributed by atoms with van der Waals surface area (Å²) in [5, 5.41) is 9.06. The van der Waals surface area contributed by atoms with Gasteiger partial charge >= 0.3 is 5.97 Å². The van der Waals surface area contributed by atoms with Crippen molar-refractivity contribution >= 4 is 11.9 Å². The Morgan fingerprint density at radius 1 is 1.33 bits per heavy atom. The van der Waals surface area contributed by atoms with E-state index >= 15 is 0 Å². The first kappa shape index (κ1) is 13.3. The summed E-state index contributed by atoms with van der Waals surface area (Å²) in [5.41, 5.74) is 5.57. The van der Waals surface area contributed by atoms with Gasteiger partial charge in [-0.15, -0.1) is 0 Å². The Morgan fingerprint density at radius 3 is 2.61 bits per heavy atom. The predicted molar refractivity (Wildman–Crippen MR) is 66.9 cm³/mol. The first-order valence-corrected chi connectivity index (χ1v) is 6.73. The number of hydrogen-bond donors (Lipinski definition) is 2. The molecular formula is C13H22N2O3. The van der Waals surface area contributed by atoms with Crippen LogP contribution in [0, 0.1) is 11.3 Å². The van der Waals surface area contributed by atoms with Gasteiger partial charge in [0.1, 0.15) is 0 Å². The van der Waals surface area contributed by atoms with E-state index in [0.29, 0.717) is 19.5 Å². The fourth-order valence-electron chi connectivity index (χ4n) is 3.18. The lowest BCUT2D eigenvalue weighted by Gasteiger charge is -2.38. The fraction of sp³-hybridized carbons (Fsp3) is 0.846. The van der Waals surface area contributed by atoms with Crippen LogP contribution in [0.3, 0.4) is 0 Å². The van der Waals surface area contributed by atoms with Gasteiger partial charge in [0.05, 0.1) is 11.3 Å². The smallest absolute Gasteiger partial charge is 0.308 e. The van der Waals surface area contributed by atoms with Gasteiger partial charge in [-0.1, -0.05) is 6.42 Å². The number of likely N-dealkylation sites (tertiary alicyclic amines) is 1. The van der Waals surface area contributed by atoms with Crippen LogP contribution in [-0.2, 0) is 9.59 Å². The monoisotopic (exact) mass is 254 g/mol. The number of nitrogens with two attached hydrogens (primary N) is 1. The van der Waals surface area contributed by atoms with Gasteiger partial charge in [0.25, 0.3) is 0 Å². The number of aliphatic carboxylic acids is 1. The lowest BCUT2D eigenvalue weighted by Crippen LogP contribution is -2.52. The first-order valence-electron chi connectivity index (χ1n) is 6.73. The van der Waals surface area contributed by atoms with E-state index in [9.17, 15) is 9.59 Å². The number of carboxylic acids is 1. The third-order valence-corrected chi connectivity index (χ3v) is 4.58. The molecule has 5 heteroatoms. The minimum atomic E-state index is -0.798. The molecule has 5 nitrogen and oxygen atoms in total. The van der Waals surface area contributed by atoms with Crippen molar-refractivity contribution in [1.82, 2.24) is 4.90 Å². The van der Waals surface area contributed by atoms with Crippen LogP contribution in [-0.4, -0.2) is 41.0 Å². The largest absolute Gasteiger partial charge is 0.481 e. The summed E-state index contributed by atoms with van der Waals surface area (Å²) >= 11 is 0. The molecule has 0 radical (unpaired) electrons. The van der Waals surface area contributed by atoms with E-state index in [4.69, 9.17) is 10.8 Å². The molecule has 1 amide bonds. The summed E-state index contributed by atoms with van der Waals surface area (Å²) in [6.07, 6.45) is 4.13. The fourth-order valence-corrected chi connectivity index (χ4v) is 3.18. The Kier molecular flexibility index (Phi) is 3.61. The molecule has 1 aliphatic heterocycles. The molecule has 2 unspecified atom stereocenters. The van der Waals surface area contributed by atoms with Gasteiger partial charge in [-0.25, -0.2) is 0 Å². The second-order valence-electron chi connectivity index (χ2n) is 5.84. The van der Waals surface area contributed by atoms with Gasteiger partial charge < -0.3 is 15.7 Å². The number of carboxylic acid groups (broad SMARTS) is 1. The van der Waals surface area contributed by atoms with Gasteiger partial charge in [0, 0.05) is 19.1 Å². The van der Waals surface area contributed by atoms with Crippen molar-refractivity contribution < 1.29 is 14.7 Å². The highest BCUT2D eigenvalue weighted by Crippen LogP contribution is 2.39. The predicted octanol–water partition coefficient (Wildman–Crippen LogP) is 0.827. The van der Waals surface area contributed by atoms with Crippen LogP contribution in [0.5, 0.6) is 0 Å². The van der Waals surface area contributed by atoms with Crippen molar-refractivity contribution in [2.24, 2.45) is 17.1 Å². The molecule has 2 aliphatic rings. The first-order chi connectivity index (χ1) is 8.45. The molecule has 0 aromatic heterocycles. The molecule has 1 saturated heterocycles. The van der Waals surface area contributed by atoms with Crippen LogP contribution in [0.1, 0.15) is 39.0 Å². The van der Waals surface area contributed by atoms with E-state index in [2.05, 4.69) is 0 Å². The Bertz CT molecular complexity index is 358. The lowest BCUT2D eigenvalue weighted by atomic mass is 9.82. The van der Waals surface area contributed by atoms with Gasteiger partial charge in [-0.05, 0) is 32.6 Å². The minimum Gasteiger partial charge on any atom is -0.481 e. The molecule has 2 fully saturated rings. The molecule has 1 aliphatic carbocycles. The molecular weight excluding hydrogens is 232 g/mol. The number of rotatable bonds is 2. The molecule has 0 bridgehead atoms. The summed E-state index contributed by atoms with van der Waals surface area (Å²) in [4.78, 5) is 25.3. The normalized spacial score (nSPS) is 36.7. The maximum Gasteiger partial charge on any atom is 0.308 e. The van der Waals surface area contributed by atoms with Gasteiger partial charge in [-0.2, -0.15) is 0 Å². The molecule has 3 atom stereocenters. The Labute approximate surface area is 107 Å². The topological polar surface area (TPSA) is 83.6 Å². The molecule has 102 valence electrons. The van der Waals surface area contributed by atoms with Crippen molar-refractivity contribution in [2.45, 2.75) is 45.1 Å². The molecule has 18 heavy (non-hydrogen) atoms. The van der Waals surface area contributed by atoms with E-state index in [0.717, 1.165) is 25.7 Å². The molecule has 0 aromatic rings. The van der Waals surface area contributed by atoms with Crippen molar-refractivity contribution in [3.05, 3.63) is 0 Å². The van der Waals surface area contributed by atoms with Crippen LogP contribution in [0.25, 0.3) is 0 Å². The van der Waals surface area contributed by atoms with Gasteiger partial charge in [0.2, 0.25) is 5.91 Å². The highest BCUT2D eigenvalue weighted by atomic mass is 16.4. The molecule has 1 saturated carbocycles.